The highest BCUT2D eigenvalue weighted by Gasteiger charge is 2.20. The summed E-state index contributed by atoms with van der Waals surface area (Å²) in [4.78, 5) is 38.5. The molecule has 0 heterocycles. The Labute approximate surface area is 513 Å². The molecule has 0 rings (SSSR count). The first-order valence-electron chi connectivity index (χ1n) is 37.7. The normalized spacial score (nSPS) is 12.0. The number of rotatable bonds is 71. The summed E-state index contributed by atoms with van der Waals surface area (Å²) < 4.78 is 17.0. The summed E-state index contributed by atoms with van der Waals surface area (Å²) >= 11 is 0. The van der Waals surface area contributed by atoms with E-state index < -0.39 is 6.10 Å². The van der Waals surface area contributed by atoms with Crippen LogP contribution in [0.5, 0.6) is 0 Å². The largest absolute Gasteiger partial charge is 0.462 e. The summed E-state index contributed by atoms with van der Waals surface area (Å²) in [5, 5.41) is 0. The summed E-state index contributed by atoms with van der Waals surface area (Å²) in [5.74, 6) is -0.821. The molecule has 0 saturated carbocycles. The number of ether oxygens (including phenoxy) is 3. The van der Waals surface area contributed by atoms with E-state index >= 15 is 0 Å². The van der Waals surface area contributed by atoms with E-state index in [1.807, 2.05) is 0 Å². The number of carbonyl (C=O) groups is 3. The molecule has 0 radical (unpaired) electrons. The van der Waals surface area contributed by atoms with Gasteiger partial charge in [-0.15, -0.1) is 0 Å². The van der Waals surface area contributed by atoms with E-state index in [0.29, 0.717) is 19.3 Å². The maximum Gasteiger partial charge on any atom is 0.306 e. The third-order valence-corrected chi connectivity index (χ3v) is 17.5. The lowest BCUT2D eigenvalue weighted by molar-refractivity contribution is -0.167. The van der Waals surface area contributed by atoms with Crippen LogP contribution in [-0.2, 0) is 28.6 Å². The molecule has 0 aliphatic rings. The highest BCUT2D eigenvalue weighted by atomic mass is 16.6. The maximum absolute atomic E-state index is 13.0. The third-order valence-electron chi connectivity index (χ3n) is 17.5. The predicted molar refractivity (Wildman–Crippen MR) is 358 cm³/mol. The van der Waals surface area contributed by atoms with E-state index in [4.69, 9.17) is 14.2 Å². The maximum atomic E-state index is 13.0. The summed E-state index contributed by atoms with van der Waals surface area (Å²) in [5.41, 5.74) is 0. The highest BCUT2D eigenvalue weighted by Crippen LogP contribution is 2.20. The fourth-order valence-corrected chi connectivity index (χ4v) is 11.9. The van der Waals surface area contributed by atoms with Gasteiger partial charge in [0.05, 0.1) is 0 Å². The Morgan fingerprint density at radius 3 is 0.610 bits per heavy atom. The quantitative estimate of drug-likeness (QED) is 0.0261. The molecule has 0 aliphatic carbocycles. The summed E-state index contributed by atoms with van der Waals surface area (Å²) in [6.45, 7) is 6.74. The van der Waals surface area contributed by atoms with Crippen LogP contribution in [0.1, 0.15) is 438 Å². The van der Waals surface area contributed by atoms with Gasteiger partial charge >= 0.3 is 17.9 Å². The molecular formula is C76H146O6. The van der Waals surface area contributed by atoms with Gasteiger partial charge in [0.1, 0.15) is 13.2 Å². The number of esters is 3. The second-order valence-corrected chi connectivity index (χ2v) is 25.9. The van der Waals surface area contributed by atoms with Crippen molar-refractivity contribution in [3.63, 3.8) is 0 Å². The molecule has 0 bridgehead atoms. The first-order valence-corrected chi connectivity index (χ1v) is 37.7. The van der Waals surface area contributed by atoms with E-state index in [-0.39, 0.29) is 31.1 Å². The minimum absolute atomic E-state index is 0.0617. The van der Waals surface area contributed by atoms with Crippen LogP contribution in [0.3, 0.4) is 0 Å². The molecule has 0 fully saturated rings. The zero-order chi connectivity index (χ0) is 59.2. The predicted octanol–water partition coefficient (Wildman–Crippen LogP) is 26.0. The average molecular weight is 1160 g/mol. The van der Waals surface area contributed by atoms with Crippen molar-refractivity contribution in [3.05, 3.63) is 12.2 Å². The van der Waals surface area contributed by atoms with Crippen molar-refractivity contribution in [2.24, 2.45) is 0 Å². The second-order valence-electron chi connectivity index (χ2n) is 25.9. The van der Waals surface area contributed by atoms with Crippen LogP contribution in [0, 0.1) is 0 Å². The molecule has 0 spiro atoms. The minimum atomic E-state index is -0.765. The summed E-state index contributed by atoms with van der Waals surface area (Å²) in [7, 11) is 0. The Balaban J connectivity index is 4.17. The molecule has 0 N–H and O–H groups in total. The van der Waals surface area contributed by atoms with Crippen molar-refractivity contribution in [3.8, 4) is 0 Å². The monoisotopic (exact) mass is 1160 g/mol. The Morgan fingerprint density at radius 1 is 0.232 bits per heavy atom. The first kappa shape index (κ1) is 80.2. The molecule has 1 unspecified atom stereocenters. The van der Waals surface area contributed by atoms with Gasteiger partial charge in [-0.25, -0.2) is 0 Å². The fourth-order valence-electron chi connectivity index (χ4n) is 11.9. The number of allylic oxidation sites excluding steroid dienone is 2. The van der Waals surface area contributed by atoms with Crippen LogP contribution in [0.25, 0.3) is 0 Å². The molecule has 1 atom stereocenters. The molecule has 486 valence electrons. The van der Waals surface area contributed by atoms with Gasteiger partial charge in [-0.1, -0.05) is 386 Å². The molecule has 0 aromatic heterocycles. The fraction of sp³-hybridized carbons (Fsp3) is 0.934. The molecule has 82 heavy (non-hydrogen) atoms. The first-order chi connectivity index (χ1) is 40.5. The van der Waals surface area contributed by atoms with Crippen molar-refractivity contribution < 1.29 is 28.6 Å². The van der Waals surface area contributed by atoms with Gasteiger partial charge < -0.3 is 14.2 Å². The SMILES string of the molecule is CCCCCCCCCC/C=C\CCCCCCCCCCCCCCCCCCCC(=O)OCC(COC(=O)CCCCCCCCCCCCCCCC)OC(=O)CCCCCCCCCCCCCCCCCCCCCCC. The number of hydrogen-bond donors (Lipinski definition) is 0. The van der Waals surface area contributed by atoms with Crippen LogP contribution in [0.4, 0.5) is 0 Å². The Hall–Kier alpha value is -1.85. The van der Waals surface area contributed by atoms with Crippen molar-refractivity contribution >= 4 is 17.9 Å². The Kier molecular flexibility index (Phi) is 70.0. The molecule has 0 aromatic rings. The second kappa shape index (κ2) is 71.6. The van der Waals surface area contributed by atoms with Gasteiger partial charge in [0.25, 0.3) is 0 Å². The highest BCUT2D eigenvalue weighted by molar-refractivity contribution is 5.71. The molecule has 0 aromatic carbocycles. The topological polar surface area (TPSA) is 78.9 Å². The van der Waals surface area contributed by atoms with Crippen LogP contribution >= 0.6 is 0 Å². The smallest absolute Gasteiger partial charge is 0.306 e. The Morgan fingerprint density at radius 2 is 0.402 bits per heavy atom. The standard InChI is InChI=1S/C76H146O6/c1-4-7-10-13-16-19-22-25-28-30-32-34-35-36-37-38-39-40-41-43-44-46-48-51-54-57-60-63-66-69-75(78)81-72-73(71-80-74(77)68-65-62-59-56-53-50-27-24-21-18-15-12-9-6-3)82-76(79)70-67-64-61-58-55-52-49-47-45-42-33-31-29-26-23-20-17-14-11-8-5-2/h30,32,73H,4-29,31,33-72H2,1-3H3/b32-30-. The third kappa shape index (κ3) is 68.9. The lowest BCUT2D eigenvalue weighted by atomic mass is 10.0. The van der Waals surface area contributed by atoms with Crippen LogP contribution in [0.15, 0.2) is 12.2 Å². The van der Waals surface area contributed by atoms with E-state index in [1.54, 1.807) is 0 Å². The van der Waals surface area contributed by atoms with Crippen LogP contribution < -0.4 is 0 Å². The molecular weight excluding hydrogens is 1010 g/mol. The van der Waals surface area contributed by atoms with Crippen molar-refractivity contribution in [2.45, 2.75) is 444 Å². The van der Waals surface area contributed by atoms with Gasteiger partial charge in [-0.2, -0.15) is 0 Å². The van der Waals surface area contributed by atoms with E-state index in [2.05, 4.69) is 32.9 Å². The molecule has 0 saturated heterocycles. The summed E-state index contributed by atoms with van der Waals surface area (Å²) in [6.07, 6.45) is 86.9. The van der Waals surface area contributed by atoms with Gasteiger partial charge in [-0.3, -0.25) is 14.4 Å². The van der Waals surface area contributed by atoms with Crippen molar-refractivity contribution in [2.75, 3.05) is 13.2 Å². The molecule has 6 heteroatoms. The number of unbranched alkanes of at least 4 members (excludes halogenated alkanes) is 58. The zero-order valence-electron chi connectivity index (χ0n) is 56.1. The molecule has 6 nitrogen and oxygen atoms in total. The molecule has 0 aliphatic heterocycles. The minimum Gasteiger partial charge on any atom is -0.462 e. The number of carbonyl (C=O) groups excluding carboxylic acids is 3. The van der Waals surface area contributed by atoms with Crippen LogP contribution in [-0.4, -0.2) is 37.2 Å². The van der Waals surface area contributed by atoms with Gasteiger partial charge in [0.15, 0.2) is 6.10 Å². The van der Waals surface area contributed by atoms with Gasteiger partial charge in [-0.05, 0) is 44.9 Å². The van der Waals surface area contributed by atoms with Crippen molar-refractivity contribution in [1.29, 1.82) is 0 Å². The number of hydrogen-bond acceptors (Lipinski definition) is 6. The summed E-state index contributed by atoms with van der Waals surface area (Å²) in [6, 6.07) is 0. The Bertz CT molecular complexity index is 1280. The van der Waals surface area contributed by atoms with Gasteiger partial charge in [0, 0.05) is 19.3 Å². The van der Waals surface area contributed by atoms with E-state index in [9.17, 15) is 14.4 Å². The lowest BCUT2D eigenvalue weighted by Crippen LogP contribution is -2.30. The van der Waals surface area contributed by atoms with Crippen LogP contribution in [0.2, 0.25) is 0 Å². The van der Waals surface area contributed by atoms with E-state index in [0.717, 1.165) is 57.8 Å². The van der Waals surface area contributed by atoms with E-state index in [1.165, 1.54) is 340 Å². The van der Waals surface area contributed by atoms with Gasteiger partial charge in [0.2, 0.25) is 0 Å². The lowest BCUT2D eigenvalue weighted by Gasteiger charge is -2.18. The zero-order valence-corrected chi connectivity index (χ0v) is 56.1. The average Bonchev–Trinajstić information content (AvgIpc) is 3.47. The van der Waals surface area contributed by atoms with Crippen molar-refractivity contribution in [1.82, 2.24) is 0 Å². The molecule has 0 amide bonds.